The van der Waals surface area contributed by atoms with Crippen LogP contribution >= 0.6 is 0 Å². The minimum absolute atomic E-state index is 0.285. The Bertz CT molecular complexity index is 268. The van der Waals surface area contributed by atoms with Crippen molar-refractivity contribution in [2.45, 2.75) is 52.1 Å². The zero-order chi connectivity index (χ0) is 11.8. The predicted molar refractivity (Wildman–Crippen MR) is 69.3 cm³/mol. The molecule has 0 aliphatic heterocycles. The van der Waals surface area contributed by atoms with Crippen molar-refractivity contribution in [3.8, 4) is 0 Å². The maximum atomic E-state index is 10.3. The average Bonchev–Trinajstić information content (AvgIpc) is 2.35. The van der Waals surface area contributed by atoms with E-state index in [9.17, 15) is 5.11 Å². The highest BCUT2D eigenvalue weighted by molar-refractivity contribution is 5.17. The zero-order valence-electron chi connectivity index (χ0n) is 10.5. The molecule has 1 rings (SSSR count). The number of aliphatic hydroxyl groups is 1. The highest BCUT2D eigenvalue weighted by Gasteiger charge is 2.19. The van der Waals surface area contributed by atoms with Gasteiger partial charge in [-0.15, -0.1) is 0 Å². The normalized spacial score (nSPS) is 14.7. The summed E-state index contributed by atoms with van der Waals surface area (Å²) < 4.78 is 0. The molecular formula is C15H24O. The minimum Gasteiger partial charge on any atom is -0.388 e. The molecule has 0 amide bonds. The van der Waals surface area contributed by atoms with Crippen LogP contribution in [0.1, 0.15) is 57.6 Å². The summed E-state index contributed by atoms with van der Waals surface area (Å²) in [6, 6.07) is 10.1. The summed E-state index contributed by atoms with van der Waals surface area (Å²) >= 11 is 0. The Morgan fingerprint density at radius 3 is 2.25 bits per heavy atom. The van der Waals surface area contributed by atoms with E-state index >= 15 is 0 Å². The molecule has 0 aliphatic carbocycles. The lowest BCUT2D eigenvalue weighted by Crippen LogP contribution is -2.12. The number of hydrogen-bond donors (Lipinski definition) is 1. The molecule has 0 bridgehead atoms. The summed E-state index contributed by atoms with van der Waals surface area (Å²) in [5.41, 5.74) is 1.07. The van der Waals surface area contributed by atoms with Gasteiger partial charge in [0.05, 0.1) is 6.10 Å². The second kappa shape index (κ2) is 7.45. The Morgan fingerprint density at radius 1 is 1.00 bits per heavy atom. The van der Waals surface area contributed by atoms with Crippen LogP contribution in [-0.2, 0) is 0 Å². The van der Waals surface area contributed by atoms with E-state index in [1.54, 1.807) is 0 Å². The molecular weight excluding hydrogens is 196 g/mol. The van der Waals surface area contributed by atoms with E-state index in [1.807, 2.05) is 30.3 Å². The zero-order valence-corrected chi connectivity index (χ0v) is 10.5. The molecule has 0 radical (unpaired) electrons. The van der Waals surface area contributed by atoms with Gasteiger partial charge in [-0.05, 0) is 24.3 Å². The molecule has 1 nitrogen and oxygen atoms in total. The van der Waals surface area contributed by atoms with Crippen molar-refractivity contribution in [1.82, 2.24) is 0 Å². The fourth-order valence-electron chi connectivity index (χ4n) is 2.22. The van der Waals surface area contributed by atoms with Gasteiger partial charge in [0, 0.05) is 0 Å². The van der Waals surface area contributed by atoms with Crippen LogP contribution in [0.4, 0.5) is 0 Å². The SMILES string of the molecule is CCCCC(CCC)C(O)c1ccccc1. The van der Waals surface area contributed by atoms with Crippen LogP contribution in [0, 0.1) is 5.92 Å². The van der Waals surface area contributed by atoms with Gasteiger partial charge in [-0.25, -0.2) is 0 Å². The molecule has 16 heavy (non-hydrogen) atoms. The number of aliphatic hydroxyl groups excluding tert-OH is 1. The predicted octanol–water partition coefficient (Wildman–Crippen LogP) is 4.33. The van der Waals surface area contributed by atoms with E-state index in [4.69, 9.17) is 0 Å². The summed E-state index contributed by atoms with van der Waals surface area (Å²) in [6.07, 6.45) is 5.55. The van der Waals surface area contributed by atoms with Crippen LogP contribution in [-0.4, -0.2) is 5.11 Å². The second-order valence-corrected chi connectivity index (χ2v) is 4.55. The maximum absolute atomic E-state index is 10.3. The van der Waals surface area contributed by atoms with Crippen LogP contribution in [0.2, 0.25) is 0 Å². The van der Waals surface area contributed by atoms with Gasteiger partial charge in [0.1, 0.15) is 0 Å². The van der Waals surface area contributed by atoms with E-state index in [2.05, 4.69) is 13.8 Å². The maximum Gasteiger partial charge on any atom is 0.0818 e. The fourth-order valence-corrected chi connectivity index (χ4v) is 2.22. The van der Waals surface area contributed by atoms with Crippen LogP contribution in [0.15, 0.2) is 30.3 Å². The number of benzene rings is 1. The molecule has 0 heterocycles. The van der Waals surface area contributed by atoms with Gasteiger partial charge in [-0.2, -0.15) is 0 Å². The minimum atomic E-state index is -0.285. The summed E-state index contributed by atoms with van der Waals surface area (Å²) in [5.74, 6) is 0.423. The Balaban J connectivity index is 2.62. The van der Waals surface area contributed by atoms with Crippen LogP contribution in [0.5, 0.6) is 0 Å². The standard InChI is InChI=1S/C15H24O/c1-3-5-10-13(9-4-2)15(16)14-11-7-6-8-12-14/h6-8,11-13,15-16H,3-5,9-10H2,1-2H3. The fraction of sp³-hybridized carbons (Fsp3) is 0.600. The Morgan fingerprint density at radius 2 is 1.69 bits per heavy atom. The van der Waals surface area contributed by atoms with E-state index in [0.717, 1.165) is 24.8 Å². The number of unbranched alkanes of at least 4 members (excludes halogenated alkanes) is 1. The Labute approximate surface area is 99.5 Å². The highest BCUT2D eigenvalue weighted by atomic mass is 16.3. The van der Waals surface area contributed by atoms with Gasteiger partial charge < -0.3 is 5.11 Å². The average molecular weight is 220 g/mol. The smallest absolute Gasteiger partial charge is 0.0818 e. The van der Waals surface area contributed by atoms with Crippen molar-refractivity contribution < 1.29 is 5.11 Å². The largest absolute Gasteiger partial charge is 0.388 e. The molecule has 0 spiro atoms. The summed E-state index contributed by atoms with van der Waals surface area (Å²) in [4.78, 5) is 0. The molecule has 1 N–H and O–H groups in total. The van der Waals surface area contributed by atoms with Crippen LogP contribution < -0.4 is 0 Å². The summed E-state index contributed by atoms with van der Waals surface area (Å²) in [6.45, 7) is 4.40. The van der Waals surface area contributed by atoms with Crippen LogP contribution in [0.25, 0.3) is 0 Å². The van der Waals surface area contributed by atoms with Crippen molar-refractivity contribution in [3.05, 3.63) is 35.9 Å². The first-order valence-electron chi connectivity index (χ1n) is 6.52. The van der Waals surface area contributed by atoms with Gasteiger partial charge in [-0.3, -0.25) is 0 Å². The van der Waals surface area contributed by atoms with E-state index < -0.39 is 0 Å². The van der Waals surface area contributed by atoms with E-state index in [0.29, 0.717) is 5.92 Å². The highest BCUT2D eigenvalue weighted by Crippen LogP contribution is 2.29. The molecule has 0 saturated carbocycles. The van der Waals surface area contributed by atoms with E-state index in [1.165, 1.54) is 12.8 Å². The van der Waals surface area contributed by atoms with Crippen molar-refractivity contribution in [3.63, 3.8) is 0 Å². The molecule has 0 fully saturated rings. The topological polar surface area (TPSA) is 20.2 Å². The molecule has 2 unspecified atom stereocenters. The molecule has 0 aromatic heterocycles. The number of rotatable bonds is 7. The molecule has 1 aromatic rings. The Hall–Kier alpha value is -0.820. The second-order valence-electron chi connectivity index (χ2n) is 4.55. The van der Waals surface area contributed by atoms with Crippen LogP contribution in [0.3, 0.4) is 0 Å². The third-order valence-electron chi connectivity index (χ3n) is 3.18. The summed E-state index contributed by atoms with van der Waals surface area (Å²) in [5, 5.41) is 10.3. The number of hydrogen-bond acceptors (Lipinski definition) is 1. The van der Waals surface area contributed by atoms with Gasteiger partial charge in [0.2, 0.25) is 0 Å². The van der Waals surface area contributed by atoms with Crippen molar-refractivity contribution in [1.29, 1.82) is 0 Å². The lowest BCUT2D eigenvalue weighted by molar-refractivity contribution is 0.0955. The molecule has 0 aliphatic rings. The van der Waals surface area contributed by atoms with Gasteiger partial charge in [0.15, 0.2) is 0 Å². The monoisotopic (exact) mass is 220 g/mol. The first-order chi connectivity index (χ1) is 7.79. The third kappa shape index (κ3) is 3.97. The molecule has 0 saturated heterocycles. The quantitative estimate of drug-likeness (QED) is 0.725. The third-order valence-corrected chi connectivity index (χ3v) is 3.18. The lowest BCUT2D eigenvalue weighted by atomic mass is 9.88. The van der Waals surface area contributed by atoms with Gasteiger partial charge in [0.25, 0.3) is 0 Å². The lowest BCUT2D eigenvalue weighted by Gasteiger charge is -2.22. The molecule has 1 heteroatoms. The van der Waals surface area contributed by atoms with Crippen molar-refractivity contribution >= 4 is 0 Å². The molecule has 1 aromatic carbocycles. The van der Waals surface area contributed by atoms with E-state index in [-0.39, 0.29) is 6.10 Å². The van der Waals surface area contributed by atoms with Crippen molar-refractivity contribution in [2.75, 3.05) is 0 Å². The molecule has 90 valence electrons. The van der Waals surface area contributed by atoms with Gasteiger partial charge >= 0.3 is 0 Å². The molecule has 2 atom stereocenters. The Kier molecular flexibility index (Phi) is 6.17. The van der Waals surface area contributed by atoms with Crippen molar-refractivity contribution in [2.24, 2.45) is 5.92 Å². The first-order valence-corrected chi connectivity index (χ1v) is 6.52. The van der Waals surface area contributed by atoms with Gasteiger partial charge in [-0.1, -0.05) is 63.4 Å². The first kappa shape index (κ1) is 13.2. The summed E-state index contributed by atoms with van der Waals surface area (Å²) in [7, 11) is 0.